The lowest BCUT2D eigenvalue weighted by Crippen LogP contribution is -2.38. The molecule has 1 aliphatic carbocycles. The molecule has 4 nitrogen and oxygen atoms in total. The standard InChI is InChI=1S/C19H17Cl2F3N2O2/c1-9(10-3-5-11(22)6-4-10)25-17(27)26-16-14(20)7-13-12(15(16)21)8-19(23,24)18(13,2)28/h3-7,9,28H,8H2,1-2H3,(H2,25,26,27)/t9-,18?/m1/s1. The monoisotopic (exact) mass is 432 g/mol. The molecule has 0 spiro atoms. The number of amides is 2. The number of anilines is 1. The number of halogens is 5. The number of nitrogens with one attached hydrogen (secondary N) is 2. The van der Waals surface area contributed by atoms with Crippen molar-refractivity contribution in [2.24, 2.45) is 0 Å². The van der Waals surface area contributed by atoms with Crippen molar-refractivity contribution in [1.82, 2.24) is 5.32 Å². The zero-order valence-corrected chi connectivity index (χ0v) is 16.4. The normalized spacial score (nSPS) is 21.1. The minimum atomic E-state index is -3.42. The number of alkyl halides is 2. The van der Waals surface area contributed by atoms with Gasteiger partial charge in [0.05, 0.1) is 21.8 Å². The second-order valence-corrected chi connectivity index (χ2v) is 7.68. The first-order valence-electron chi connectivity index (χ1n) is 8.38. The summed E-state index contributed by atoms with van der Waals surface area (Å²) < 4.78 is 41.3. The van der Waals surface area contributed by atoms with Gasteiger partial charge in [0, 0.05) is 6.42 Å². The number of urea groups is 1. The Bertz CT molecular complexity index is 934. The van der Waals surface area contributed by atoms with Crippen LogP contribution in [0.25, 0.3) is 0 Å². The van der Waals surface area contributed by atoms with E-state index in [0.717, 1.165) is 6.92 Å². The van der Waals surface area contributed by atoms with Crippen LogP contribution in [0.1, 0.15) is 36.6 Å². The van der Waals surface area contributed by atoms with Gasteiger partial charge in [-0.05, 0) is 48.7 Å². The molecule has 3 rings (SSSR count). The summed E-state index contributed by atoms with van der Waals surface area (Å²) in [6.45, 7) is 2.69. The molecule has 0 bridgehead atoms. The average molecular weight is 433 g/mol. The third-order valence-corrected chi connectivity index (χ3v) is 5.63. The third kappa shape index (κ3) is 3.54. The van der Waals surface area contributed by atoms with E-state index in [4.69, 9.17) is 23.2 Å². The number of aliphatic hydroxyl groups is 1. The van der Waals surface area contributed by atoms with E-state index in [2.05, 4.69) is 10.6 Å². The Balaban J connectivity index is 1.82. The van der Waals surface area contributed by atoms with Gasteiger partial charge < -0.3 is 15.7 Å². The highest BCUT2D eigenvalue weighted by Crippen LogP contribution is 2.52. The third-order valence-electron chi connectivity index (χ3n) is 4.91. The molecule has 2 aromatic rings. The second kappa shape index (κ2) is 7.13. The van der Waals surface area contributed by atoms with E-state index in [1.54, 1.807) is 6.92 Å². The Labute approximate surface area is 169 Å². The van der Waals surface area contributed by atoms with E-state index in [9.17, 15) is 23.1 Å². The first-order valence-corrected chi connectivity index (χ1v) is 9.14. The fraction of sp³-hybridized carbons (Fsp3) is 0.316. The van der Waals surface area contributed by atoms with E-state index in [-0.39, 0.29) is 26.9 Å². The number of carbonyl (C=O) groups is 1. The van der Waals surface area contributed by atoms with Crippen LogP contribution in [0.15, 0.2) is 30.3 Å². The molecule has 0 fully saturated rings. The van der Waals surface area contributed by atoms with Crippen LogP contribution in [0.4, 0.5) is 23.7 Å². The van der Waals surface area contributed by atoms with E-state index in [1.165, 1.54) is 30.3 Å². The quantitative estimate of drug-likeness (QED) is 0.606. The summed E-state index contributed by atoms with van der Waals surface area (Å²) in [5, 5.41) is 15.0. The Kier molecular flexibility index (Phi) is 5.29. The number of benzene rings is 2. The number of fused-ring (bicyclic) bond motifs is 1. The van der Waals surface area contributed by atoms with E-state index in [1.807, 2.05) is 0 Å². The summed E-state index contributed by atoms with van der Waals surface area (Å²) in [5.41, 5.74) is -1.81. The minimum absolute atomic E-state index is 0.0283. The molecule has 150 valence electrons. The van der Waals surface area contributed by atoms with Crippen molar-refractivity contribution in [2.45, 2.75) is 37.8 Å². The highest BCUT2D eigenvalue weighted by atomic mass is 35.5. The lowest BCUT2D eigenvalue weighted by molar-refractivity contribution is -0.163. The van der Waals surface area contributed by atoms with Gasteiger partial charge in [-0.15, -0.1) is 0 Å². The fourth-order valence-corrected chi connectivity index (χ4v) is 3.77. The molecular formula is C19H17Cl2F3N2O2. The van der Waals surface area contributed by atoms with Gasteiger partial charge in [-0.3, -0.25) is 0 Å². The maximum Gasteiger partial charge on any atom is 0.319 e. The Morgan fingerprint density at radius 2 is 1.86 bits per heavy atom. The molecule has 1 aliphatic rings. The van der Waals surface area contributed by atoms with Crippen molar-refractivity contribution in [1.29, 1.82) is 0 Å². The Hall–Kier alpha value is -1.96. The van der Waals surface area contributed by atoms with Crippen LogP contribution in [0.5, 0.6) is 0 Å². The number of carbonyl (C=O) groups excluding carboxylic acids is 1. The van der Waals surface area contributed by atoms with Crippen LogP contribution < -0.4 is 10.6 Å². The average Bonchev–Trinajstić information content (AvgIpc) is 2.78. The predicted molar refractivity (Wildman–Crippen MR) is 102 cm³/mol. The molecular weight excluding hydrogens is 416 g/mol. The van der Waals surface area contributed by atoms with E-state index in [0.29, 0.717) is 5.56 Å². The van der Waals surface area contributed by atoms with Gasteiger partial charge in [0.25, 0.3) is 5.92 Å². The van der Waals surface area contributed by atoms with Crippen LogP contribution in [0.2, 0.25) is 10.0 Å². The summed E-state index contributed by atoms with van der Waals surface area (Å²) in [4.78, 5) is 12.3. The molecule has 0 radical (unpaired) electrons. The highest BCUT2D eigenvalue weighted by Gasteiger charge is 2.57. The number of hydrogen-bond donors (Lipinski definition) is 3. The molecule has 2 aromatic carbocycles. The molecule has 0 aliphatic heterocycles. The molecule has 0 saturated heterocycles. The second-order valence-electron chi connectivity index (χ2n) is 6.90. The van der Waals surface area contributed by atoms with Crippen molar-refractivity contribution in [3.63, 3.8) is 0 Å². The molecule has 28 heavy (non-hydrogen) atoms. The van der Waals surface area contributed by atoms with E-state index >= 15 is 0 Å². The predicted octanol–water partition coefficient (Wildman–Crippen LogP) is 5.41. The van der Waals surface area contributed by atoms with Crippen LogP contribution in [-0.2, 0) is 12.0 Å². The van der Waals surface area contributed by atoms with Gasteiger partial charge in [-0.1, -0.05) is 35.3 Å². The topological polar surface area (TPSA) is 61.4 Å². The first-order chi connectivity index (χ1) is 12.9. The lowest BCUT2D eigenvalue weighted by atomic mass is 9.96. The lowest BCUT2D eigenvalue weighted by Gasteiger charge is -2.26. The Morgan fingerprint density at radius 3 is 2.46 bits per heavy atom. The van der Waals surface area contributed by atoms with Crippen molar-refractivity contribution < 1.29 is 23.1 Å². The molecule has 3 N–H and O–H groups in total. The van der Waals surface area contributed by atoms with Crippen LogP contribution in [0, 0.1) is 5.82 Å². The number of hydrogen-bond acceptors (Lipinski definition) is 2. The van der Waals surface area contributed by atoms with Gasteiger partial charge in [-0.25, -0.2) is 18.0 Å². The van der Waals surface area contributed by atoms with Crippen LogP contribution in [0.3, 0.4) is 0 Å². The zero-order valence-electron chi connectivity index (χ0n) is 14.9. The maximum atomic E-state index is 14.1. The van der Waals surface area contributed by atoms with Gasteiger partial charge in [0.1, 0.15) is 5.82 Å². The largest absolute Gasteiger partial charge is 0.379 e. The van der Waals surface area contributed by atoms with Crippen molar-refractivity contribution in [2.75, 3.05) is 5.32 Å². The van der Waals surface area contributed by atoms with Crippen LogP contribution in [-0.4, -0.2) is 17.1 Å². The Morgan fingerprint density at radius 1 is 1.25 bits per heavy atom. The van der Waals surface area contributed by atoms with Crippen molar-refractivity contribution in [3.05, 3.63) is 62.9 Å². The smallest absolute Gasteiger partial charge is 0.319 e. The van der Waals surface area contributed by atoms with Crippen molar-refractivity contribution >= 4 is 34.9 Å². The van der Waals surface area contributed by atoms with Gasteiger partial charge in [-0.2, -0.15) is 0 Å². The molecule has 2 atom stereocenters. The summed E-state index contributed by atoms with van der Waals surface area (Å²) in [6, 6.07) is 5.65. The number of rotatable bonds is 3. The van der Waals surface area contributed by atoms with Crippen molar-refractivity contribution in [3.8, 4) is 0 Å². The minimum Gasteiger partial charge on any atom is -0.379 e. The summed E-state index contributed by atoms with van der Waals surface area (Å²) in [7, 11) is 0. The molecule has 0 aromatic heterocycles. The maximum absolute atomic E-state index is 14.1. The van der Waals surface area contributed by atoms with E-state index < -0.39 is 35.8 Å². The molecule has 9 heteroatoms. The summed E-state index contributed by atoms with van der Waals surface area (Å²) >= 11 is 12.3. The molecule has 1 unspecified atom stereocenters. The molecule has 0 heterocycles. The molecule has 0 saturated carbocycles. The summed E-state index contributed by atoms with van der Waals surface area (Å²) in [6.07, 6.45) is -0.770. The fourth-order valence-electron chi connectivity index (χ4n) is 3.15. The van der Waals surface area contributed by atoms with Gasteiger partial charge in [0.15, 0.2) is 5.60 Å². The summed E-state index contributed by atoms with van der Waals surface area (Å²) in [5.74, 6) is -3.81. The molecule has 2 amide bonds. The highest BCUT2D eigenvalue weighted by molar-refractivity contribution is 6.40. The first kappa shape index (κ1) is 20.8. The SMILES string of the molecule is C[C@@H](NC(=O)Nc1c(Cl)cc2c(c1Cl)CC(F)(F)C2(C)O)c1ccc(F)cc1. The van der Waals surface area contributed by atoms with Crippen LogP contribution >= 0.6 is 23.2 Å². The van der Waals surface area contributed by atoms with Gasteiger partial charge >= 0.3 is 6.03 Å². The zero-order chi connectivity index (χ0) is 20.9. The van der Waals surface area contributed by atoms with Gasteiger partial charge in [0.2, 0.25) is 0 Å².